The van der Waals surface area contributed by atoms with E-state index in [-0.39, 0.29) is 11.8 Å². The second kappa shape index (κ2) is 11.0. The van der Waals surface area contributed by atoms with Gasteiger partial charge in [-0.15, -0.1) is 0 Å². The molecule has 2 amide bonds. The molecule has 144 valence electrons. The second-order valence-corrected chi connectivity index (χ2v) is 7.12. The van der Waals surface area contributed by atoms with Crippen LogP contribution in [0, 0.1) is 5.92 Å². The summed E-state index contributed by atoms with van der Waals surface area (Å²) in [6.07, 6.45) is 4.43. The molecule has 0 unspecified atom stereocenters. The fraction of sp³-hybridized carbons (Fsp3) is 0.619. The highest BCUT2D eigenvalue weighted by atomic mass is 16.5. The summed E-state index contributed by atoms with van der Waals surface area (Å²) in [6.45, 7) is 5.01. The SMILES string of the molecule is COCCCN(CCC(=O)N1CCC(Cc2ccccc2)CC1)C(C)=O. The zero-order valence-electron chi connectivity index (χ0n) is 16.2. The molecule has 0 N–H and O–H groups in total. The Balaban J connectivity index is 1.71. The maximum Gasteiger partial charge on any atom is 0.224 e. The molecule has 0 aromatic heterocycles. The van der Waals surface area contributed by atoms with Crippen molar-refractivity contribution in [2.75, 3.05) is 39.9 Å². The zero-order chi connectivity index (χ0) is 18.8. The van der Waals surface area contributed by atoms with Gasteiger partial charge in [-0.25, -0.2) is 0 Å². The summed E-state index contributed by atoms with van der Waals surface area (Å²) in [4.78, 5) is 27.9. The molecule has 26 heavy (non-hydrogen) atoms. The van der Waals surface area contributed by atoms with Crippen molar-refractivity contribution in [1.82, 2.24) is 9.80 Å². The maximum atomic E-state index is 12.5. The van der Waals surface area contributed by atoms with Gasteiger partial charge in [0.1, 0.15) is 0 Å². The van der Waals surface area contributed by atoms with Gasteiger partial charge in [-0.2, -0.15) is 0 Å². The first-order valence-corrected chi connectivity index (χ1v) is 9.66. The molecule has 1 aromatic carbocycles. The predicted molar refractivity (Wildman–Crippen MR) is 103 cm³/mol. The first-order valence-electron chi connectivity index (χ1n) is 9.66. The molecule has 1 heterocycles. The Morgan fingerprint density at radius 3 is 2.46 bits per heavy atom. The molecule has 5 heteroatoms. The lowest BCUT2D eigenvalue weighted by Gasteiger charge is -2.32. The molecule has 0 radical (unpaired) electrons. The maximum absolute atomic E-state index is 12.5. The van der Waals surface area contributed by atoms with Gasteiger partial charge in [0.2, 0.25) is 11.8 Å². The van der Waals surface area contributed by atoms with Crippen LogP contribution in [0.1, 0.15) is 38.2 Å². The number of piperidine rings is 1. The van der Waals surface area contributed by atoms with E-state index in [4.69, 9.17) is 4.74 Å². The quantitative estimate of drug-likeness (QED) is 0.636. The van der Waals surface area contributed by atoms with Gasteiger partial charge in [-0.05, 0) is 37.2 Å². The summed E-state index contributed by atoms with van der Waals surface area (Å²) in [5.41, 5.74) is 1.38. The molecule has 0 saturated carbocycles. The monoisotopic (exact) mass is 360 g/mol. The van der Waals surface area contributed by atoms with E-state index in [1.165, 1.54) is 5.56 Å². The van der Waals surface area contributed by atoms with E-state index in [1.807, 2.05) is 11.0 Å². The highest BCUT2D eigenvalue weighted by Crippen LogP contribution is 2.22. The molecule has 2 rings (SSSR count). The van der Waals surface area contributed by atoms with Crippen LogP contribution in [-0.2, 0) is 20.7 Å². The summed E-state index contributed by atoms with van der Waals surface area (Å²) >= 11 is 0. The van der Waals surface area contributed by atoms with Crippen LogP contribution in [0.3, 0.4) is 0 Å². The average Bonchev–Trinajstić information content (AvgIpc) is 2.65. The highest BCUT2D eigenvalue weighted by molar-refractivity contribution is 5.78. The number of ether oxygens (including phenoxy) is 1. The van der Waals surface area contributed by atoms with Crippen LogP contribution in [0.4, 0.5) is 0 Å². The summed E-state index contributed by atoms with van der Waals surface area (Å²) in [5.74, 6) is 0.848. The average molecular weight is 360 g/mol. The van der Waals surface area contributed by atoms with Gasteiger partial charge in [-0.3, -0.25) is 9.59 Å². The minimum Gasteiger partial charge on any atom is -0.385 e. The lowest BCUT2D eigenvalue weighted by atomic mass is 9.90. The van der Waals surface area contributed by atoms with E-state index < -0.39 is 0 Å². The van der Waals surface area contributed by atoms with Gasteiger partial charge in [-0.1, -0.05) is 30.3 Å². The third-order valence-corrected chi connectivity index (χ3v) is 5.15. The Hall–Kier alpha value is -1.88. The number of likely N-dealkylation sites (tertiary alicyclic amines) is 1. The molecule has 0 bridgehead atoms. The Morgan fingerprint density at radius 2 is 1.85 bits per heavy atom. The number of nitrogens with zero attached hydrogens (tertiary/aromatic N) is 2. The van der Waals surface area contributed by atoms with Crippen molar-refractivity contribution in [3.05, 3.63) is 35.9 Å². The van der Waals surface area contributed by atoms with Crippen molar-refractivity contribution in [1.29, 1.82) is 0 Å². The van der Waals surface area contributed by atoms with Crippen molar-refractivity contribution in [3.63, 3.8) is 0 Å². The van der Waals surface area contributed by atoms with E-state index in [0.29, 0.717) is 32.0 Å². The number of hydrogen-bond donors (Lipinski definition) is 0. The third kappa shape index (κ3) is 6.79. The van der Waals surface area contributed by atoms with E-state index in [1.54, 1.807) is 18.9 Å². The van der Waals surface area contributed by atoms with Crippen molar-refractivity contribution < 1.29 is 14.3 Å². The third-order valence-electron chi connectivity index (χ3n) is 5.15. The van der Waals surface area contributed by atoms with Crippen molar-refractivity contribution >= 4 is 11.8 Å². The van der Waals surface area contributed by atoms with E-state index in [9.17, 15) is 9.59 Å². The predicted octanol–water partition coefficient (Wildman–Crippen LogP) is 2.74. The van der Waals surface area contributed by atoms with Crippen LogP contribution < -0.4 is 0 Å². The van der Waals surface area contributed by atoms with Gasteiger partial charge in [0, 0.05) is 53.2 Å². The number of methoxy groups -OCH3 is 1. The molecular formula is C21H32N2O3. The molecule has 1 saturated heterocycles. The summed E-state index contributed by atoms with van der Waals surface area (Å²) < 4.78 is 5.03. The van der Waals surface area contributed by atoms with Crippen LogP contribution >= 0.6 is 0 Å². The van der Waals surface area contributed by atoms with Gasteiger partial charge in [0.25, 0.3) is 0 Å². The van der Waals surface area contributed by atoms with Crippen molar-refractivity contribution in [2.24, 2.45) is 5.92 Å². The molecule has 5 nitrogen and oxygen atoms in total. The van der Waals surface area contributed by atoms with Crippen molar-refractivity contribution in [2.45, 2.75) is 39.0 Å². The Bertz CT molecular complexity index is 554. The Labute approximate surface area is 157 Å². The topological polar surface area (TPSA) is 49.9 Å². The molecule has 1 aromatic rings. The fourth-order valence-electron chi connectivity index (χ4n) is 3.55. The minimum absolute atomic E-state index is 0.0236. The molecule has 1 aliphatic rings. The molecule has 1 fully saturated rings. The number of carbonyl (C=O) groups excluding carboxylic acids is 2. The van der Waals surface area contributed by atoms with E-state index in [2.05, 4.69) is 24.3 Å². The molecular weight excluding hydrogens is 328 g/mol. The van der Waals surface area contributed by atoms with Gasteiger partial charge in [0.15, 0.2) is 0 Å². The first-order chi connectivity index (χ1) is 12.6. The number of benzene rings is 1. The van der Waals surface area contributed by atoms with Crippen LogP contribution in [0.2, 0.25) is 0 Å². The molecule has 0 aliphatic carbocycles. The first kappa shape index (κ1) is 20.4. The normalized spacial score (nSPS) is 15.1. The number of carbonyl (C=O) groups is 2. The lowest BCUT2D eigenvalue weighted by molar-refractivity contribution is -0.134. The van der Waals surface area contributed by atoms with E-state index >= 15 is 0 Å². The summed E-state index contributed by atoms with van der Waals surface area (Å²) in [6, 6.07) is 10.6. The van der Waals surface area contributed by atoms with Crippen LogP contribution in [0.5, 0.6) is 0 Å². The molecule has 1 aliphatic heterocycles. The Kier molecular flexibility index (Phi) is 8.62. The number of rotatable bonds is 9. The summed E-state index contributed by atoms with van der Waals surface area (Å²) in [5, 5.41) is 0. The minimum atomic E-state index is 0.0236. The van der Waals surface area contributed by atoms with Gasteiger partial charge in [0.05, 0.1) is 0 Å². The number of amides is 2. The molecule has 0 spiro atoms. The highest BCUT2D eigenvalue weighted by Gasteiger charge is 2.23. The fourth-order valence-corrected chi connectivity index (χ4v) is 3.55. The van der Waals surface area contributed by atoms with Gasteiger partial charge >= 0.3 is 0 Å². The number of hydrogen-bond acceptors (Lipinski definition) is 3. The van der Waals surface area contributed by atoms with Gasteiger partial charge < -0.3 is 14.5 Å². The van der Waals surface area contributed by atoms with Crippen LogP contribution in [0.15, 0.2) is 30.3 Å². The molecule has 0 atom stereocenters. The van der Waals surface area contributed by atoms with Crippen LogP contribution in [-0.4, -0.2) is 61.5 Å². The standard InChI is InChI=1S/C21H32N2O3/c1-18(24)22(12-6-16-26-2)15-11-21(25)23-13-9-20(10-14-23)17-19-7-4-3-5-8-19/h3-5,7-8,20H,6,9-17H2,1-2H3. The lowest BCUT2D eigenvalue weighted by Crippen LogP contribution is -2.41. The largest absolute Gasteiger partial charge is 0.385 e. The summed E-state index contributed by atoms with van der Waals surface area (Å²) in [7, 11) is 1.66. The second-order valence-electron chi connectivity index (χ2n) is 7.12. The zero-order valence-corrected chi connectivity index (χ0v) is 16.2. The van der Waals surface area contributed by atoms with Crippen molar-refractivity contribution in [3.8, 4) is 0 Å². The smallest absolute Gasteiger partial charge is 0.224 e. The Morgan fingerprint density at radius 1 is 1.15 bits per heavy atom. The van der Waals surface area contributed by atoms with E-state index in [0.717, 1.165) is 38.8 Å². The van der Waals surface area contributed by atoms with Crippen LogP contribution in [0.25, 0.3) is 0 Å².